The van der Waals surface area contributed by atoms with Crippen molar-refractivity contribution in [2.24, 2.45) is 0 Å². The maximum Gasteiger partial charge on any atom is 0.407 e. The SMILES string of the molecule is CC(C)(C)OC(=O)NCCCN(CCCNC(=O)OC(C)(C)C)C(=N)N1Cc2ccc(OC[C@@H](O)C(=O)OC(c3ccccc3)c3ccccc3)cc2C1. The van der Waals surface area contributed by atoms with Gasteiger partial charge in [-0.05, 0) is 88.8 Å². The summed E-state index contributed by atoms with van der Waals surface area (Å²) in [5.41, 5.74) is 2.35. The second-order valence-corrected chi connectivity index (χ2v) is 15.1. The van der Waals surface area contributed by atoms with Crippen molar-refractivity contribution in [2.45, 2.75) is 90.9 Å². The van der Waals surface area contributed by atoms with Gasteiger partial charge in [-0.3, -0.25) is 5.41 Å². The summed E-state index contributed by atoms with van der Waals surface area (Å²) in [7, 11) is 0. The Hall–Kier alpha value is -5.30. The fourth-order valence-electron chi connectivity index (χ4n) is 5.71. The van der Waals surface area contributed by atoms with E-state index in [2.05, 4.69) is 10.6 Å². The van der Waals surface area contributed by atoms with Gasteiger partial charge in [-0.15, -0.1) is 0 Å². The molecule has 0 saturated carbocycles. The highest BCUT2D eigenvalue weighted by molar-refractivity contribution is 5.78. The molecule has 0 radical (unpaired) electrons. The van der Waals surface area contributed by atoms with Crippen LogP contribution < -0.4 is 15.4 Å². The van der Waals surface area contributed by atoms with Crippen LogP contribution in [0.4, 0.5) is 9.59 Å². The normalized spacial score (nSPS) is 13.1. The second-order valence-electron chi connectivity index (χ2n) is 15.1. The lowest BCUT2D eigenvalue weighted by molar-refractivity contribution is -0.159. The Bertz CT molecular complexity index is 1620. The summed E-state index contributed by atoms with van der Waals surface area (Å²) < 4.78 is 22.3. The average molecular weight is 746 g/mol. The van der Waals surface area contributed by atoms with Crippen molar-refractivity contribution >= 4 is 24.1 Å². The van der Waals surface area contributed by atoms with E-state index in [4.69, 9.17) is 24.4 Å². The van der Waals surface area contributed by atoms with E-state index in [0.717, 1.165) is 22.3 Å². The van der Waals surface area contributed by atoms with E-state index in [1.54, 1.807) is 47.6 Å². The fraction of sp³-hybridized carbons (Fsp3) is 0.463. The Kier molecular flexibility index (Phi) is 14.7. The molecule has 0 saturated heterocycles. The summed E-state index contributed by atoms with van der Waals surface area (Å²) in [5.74, 6) is -0.00105. The van der Waals surface area contributed by atoms with Crippen molar-refractivity contribution in [3.05, 3.63) is 101 Å². The van der Waals surface area contributed by atoms with Gasteiger partial charge >= 0.3 is 18.2 Å². The molecule has 1 heterocycles. The van der Waals surface area contributed by atoms with Gasteiger partial charge in [-0.25, -0.2) is 14.4 Å². The summed E-state index contributed by atoms with van der Waals surface area (Å²) >= 11 is 0. The van der Waals surface area contributed by atoms with Gasteiger partial charge in [-0.2, -0.15) is 0 Å². The molecule has 0 aliphatic carbocycles. The number of hydrogen-bond acceptors (Lipinski definition) is 9. The Morgan fingerprint density at radius 2 is 1.28 bits per heavy atom. The van der Waals surface area contributed by atoms with E-state index >= 15 is 0 Å². The molecule has 0 fully saturated rings. The number of guanidine groups is 1. The Balaban J connectivity index is 1.32. The third-order valence-electron chi connectivity index (χ3n) is 8.16. The lowest BCUT2D eigenvalue weighted by atomic mass is 10.0. The van der Waals surface area contributed by atoms with E-state index < -0.39 is 41.6 Å². The number of amides is 2. The number of carbonyl (C=O) groups excluding carboxylic acids is 3. The van der Waals surface area contributed by atoms with Gasteiger partial charge in [0.1, 0.15) is 23.6 Å². The van der Waals surface area contributed by atoms with Crippen molar-refractivity contribution in [1.82, 2.24) is 20.4 Å². The maximum absolute atomic E-state index is 13.0. The standard InChI is InChI=1S/C41H55N5O8/c1-40(2,3)53-38(49)43-21-13-23-45(24-14-22-44-39(50)54-41(4,5)6)37(42)46-26-31-19-20-33(25-32(31)27-46)51-28-34(47)36(48)52-35(29-15-9-7-10-16-29)30-17-11-8-12-18-30/h7-12,15-20,25,34-35,42,47H,13-14,21-24,26-28H2,1-6H3,(H,43,49)(H,44,50)/t34-/m1/s1. The molecule has 4 rings (SSSR count). The predicted octanol–water partition coefficient (Wildman–Crippen LogP) is 6.14. The molecule has 4 N–H and O–H groups in total. The first-order valence-corrected chi connectivity index (χ1v) is 18.3. The number of alkyl carbamates (subject to hydrolysis) is 2. The average Bonchev–Trinajstić information content (AvgIpc) is 3.54. The van der Waals surface area contributed by atoms with Crippen LogP contribution in [-0.4, -0.2) is 89.1 Å². The third-order valence-corrected chi connectivity index (χ3v) is 8.16. The molecule has 13 nitrogen and oxygen atoms in total. The van der Waals surface area contributed by atoms with Crippen LogP contribution in [0.25, 0.3) is 0 Å². The molecule has 54 heavy (non-hydrogen) atoms. The summed E-state index contributed by atoms with van der Waals surface area (Å²) in [4.78, 5) is 41.2. The van der Waals surface area contributed by atoms with Crippen LogP contribution in [0.3, 0.4) is 0 Å². The number of ether oxygens (including phenoxy) is 4. The van der Waals surface area contributed by atoms with Gasteiger partial charge in [0.05, 0.1) is 0 Å². The maximum atomic E-state index is 13.0. The minimum Gasteiger partial charge on any atom is -0.490 e. The first-order valence-electron chi connectivity index (χ1n) is 18.3. The molecule has 0 spiro atoms. The third kappa shape index (κ3) is 13.6. The highest BCUT2D eigenvalue weighted by Crippen LogP contribution is 2.29. The highest BCUT2D eigenvalue weighted by atomic mass is 16.6. The zero-order valence-corrected chi connectivity index (χ0v) is 32.2. The van der Waals surface area contributed by atoms with E-state index in [1.807, 2.05) is 82.6 Å². The number of esters is 1. The smallest absolute Gasteiger partial charge is 0.407 e. The first kappa shape index (κ1) is 41.5. The van der Waals surface area contributed by atoms with Gasteiger partial charge in [0.25, 0.3) is 0 Å². The number of benzene rings is 3. The Morgan fingerprint density at radius 1 is 0.778 bits per heavy atom. The number of nitrogens with zero attached hydrogens (tertiary/aromatic N) is 2. The molecule has 3 aromatic rings. The molecule has 1 aliphatic rings. The number of carbonyl (C=O) groups is 3. The van der Waals surface area contributed by atoms with Crippen LogP contribution in [0, 0.1) is 5.41 Å². The van der Waals surface area contributed by atoms with Gasteiger partial charge in [0, 0.05) is 39.3 Å². The zero-order chi connectivity index (χ0) is 39.3. The van der Waals surface area contributed by atoms with Crippen LogP contribution in [-0.2, 0) is 32.1 Å². The Labute approximate surface area is 318 Å². The first-order chi connectivity index (χ1) is 25.6. The number of aliphatic hydroxyl groups is 1. The van der Waals surface area contributed by atoms with Gasteiger partial charge in [-0.1, -0.05) is 66.7 Å². The topological polar surface area (TPSA) is 163 Å². The van der Waals surface area contributed by atoms with Gasteiger partial charge < -0.3 is 44.5 Å². The minimum atomic E-state index is -1.51. The number of aliphatic hydroxyl groups excluding tert-OH is 1. The molecule has 0 aromatic heterocycles. The van der Waals surface area contributed by atoms with Gasteiger partial charge in [0.2, 0.25) is 0 Å². The second kappa shape index (κ2) is 19.2. The number of nitrogens with one attached hydrogen (secondary N) is 3. The van der Waals surface area contributed by atoms with Crippen molar-refractivity contribution in [1.29, 1.82) is 5.41 Å². The molecule has 13 heteroatoms. The summed E-state index contributed by atoms with van der Waals surface area (Å²) in [6, 6.07) is 24.3. The largest absolute Gasteiger partial charge is 0.490 e. The predicted molar refractivity (Wildman–Crippen MR) is 205 cm³/mol. The molecule has 0 bridgehead atoms. The summed E-state index contributed by atoms with van der Waals surface area (Å²) in [5, 5.41) is 25.4. The van der Waals surface area contributed by atoms with E-state index in [1.165, 1.54) is 0 Å². The zero-order valence-electron chi connectivity index (χ0n) is 32.2. The van der Waals surface area contributed by atoms with Crippen molar-refractivity contribution in [3.63, 3.8) is 0 Å². The van der Waals surface area contributed by atoms with E-state index in [0.29, 0.717) is 63.8 Å². The molecule has 1 atom stereocenters. The quantitative estimate of drug-likeness (QED) is 0.0468. The van der Waals surface area contributed by atoms with E-state index in [9.17, 15) is 19.5 Å². The molecular weight excluding hydrogens is 690 g/mol. The van der Waals surface area contributed by atoms with E-state index in [-0.39, 0.29) is 6.61 Å². The lowest BCUT2D eigenvalue weighted by Gasteiger charge is -2.31. The van der Waals surface area contributed by atoms with Crippen molar-refractivity contribution < 1.29 is 38.4 Å². The minimum absolute atomic E-state index is 0.296. The van der Waals surface area contributed by atoms with Crippen LogP contribution in [0.5, 0.6) is 5.75 Å². The molecule has 292 valence electrons. The van der Waals surface area contributed by atoms with Crippen molar-refractivity contribution in [3.8, 4) is 5.75 Å². The van der Waals surface area contributed by atoms with Crippen LogP contribution >= 0.6 is 0 Å². The molecule has 2 amide bonds. The lowest BCUT2D eigenvalue weighted by Crippen LogP contribution is -2.44. The molecule has 0 unspecified atom stereocenters. The van der Waals surface area contributed by atoms with Crippen molar-refractivity contribution in [2.75, 3.05) is 32.8 Å². The highest BCUT2D eigenvalue weighted by Gasteiger charge is 2.27. The van der Waals surface area contributed by atoms with Crippen LogP contribution in [0.1, 0.15) is 82.7 Å². The number of hydrogen-bond donors (Lipinski definition) is 4. The van der Waals surface area contributed by atoms with Crippen LogP contribution in [0.15, 0.2) is 78.9 Å². The fourth-order valence-corrected chi connectivity index (χ4v) is 5.71. The number of fused-ring (bicyclic) bond motifs is 1. The molecule has 3 aromatic carbocycles. The monoisotopic (exact) mass is 745 g/mol. The summed E-state index contributed by atoms with van der Waals surface area (Å²) in [6.07, 6.45) is -2.04. The Morgan fingerprint density at radius 3 is 1.78 bits per heavy atom. The molecule has 1 aliphatic heterocycles. The van der Waals surface area contributed by atoms with Gasteiger partial charge in [0.15, 0.2) is 18.2 Å². The summed E-state index contributed by atoms with van der Waals surface area (Å²) in [6.45, 7) is 13.2. The number of rotatable bonds is 15. The molecular formula is C41H55N5O8. The van der Waals surface area contributed by atoms with Crippen LogP contribution in [0.2, 0.25) is 0 Å².